The van der Waals surface area contributed by atoms with Crippen molar-refractivity contribution >= 4 is 27.3 Å². The lowest BCUT2D eigenvalue weighted by atomic mass is 10.1. The third-order valence-corrected chi connectivity index (χ3v) is 5.37. The average Bonchev–Trinajstić information content (AvgIpc) is 2.68. The number of para-hydroxylation sites is 1. The van der Waals surface area contributed by atoms with E-state index in [0.29, 0.717) is 11.4 Å². The molecule has 6 nitrogen and oxygen atoms in total. The topological polar surface area (TPSA) is 84.5 Å². The molecule has 150 valence electrons. The van der Waals surface area contributed by atoms with E-state index in [2.05, 4.69) is 10.0 Å². The summed E-state index contributed by atoms with van der Waals surface area (Å²) in [6.45, 7) is 0. The van der Waals surface area contributed by atoms with Crippen LogP contribution in [0.25, 0.3) is 0 Å². The normalized spacial score (nSPS) is 11.0. The molecule has 0 aliphatic rings. The quantitative estimate of drug-likeness (QED) is 0.633. The van der Waals surface area contributed by atoms with Crippen molar-refractivity contribution < 1.29 is 26.7 Å². The molecular formula is C20H16F2N2O4S. The van der Waals surface area contributed by atoms with Crippen LogP contribution in [0.15, 0.2) is 71.6 Å². The number of carbonyl (C=O) groups excluding carboxylic acids is 1. The molecule has 0 heterocycles. The molecule has 29 heavy (non-hydrogen) atoms. The number of ether oxygens (including phenoxy) is 1. The molecule has 0 radical (unpaired) electrons. The number of hydrogen-bond acceptors (Lipinski definition) is 4. The number of anilines is 2. The molecule has 3 rings (SSSR count). The van der Waals surface area contributed by atoms with Gasteiger partial charge in [0.2, 0.25) is 0 Å². The van der Waals surface area contributed by atoms with Gasteiger partial charge in [0.15, 0.2) is 4.90 Å². The number of sulfonamides is 1. The van der Waals surface area contributed by atoms with Gasteiger partial charge in [-0.2, -0.15) is 0 Å². The second kappa shape index (κ2) is 8.27. The minimum absolute atomic E-state index is 0.0244. The molecule has 1 amide bonds. The lowest BCUT2D eigenvalue weighted by molar-refractivity contribution is 0.102. The first-order chi connectivity index (χ1) is 13.8. The second-order valence-corrected chi connectivity index (χ2v) is 7.50. The molecule has 0 spiro atoms. The van der Waals surface area contributed by atoms with Crippen LogP contribution in [0.1, 0.15) is 10.4 Å². The van der Waals surface area contributed by atoms with Crippen LogP contribution in [0.2, 0.25) is 0 Å². The van der Waals surface area contributed by atoms with E-state index < -0.39 is 32.5 Å². The van der Waals surface area contributed by atoms with E-state index in [9.17, 15) is 22.0 Å². The smallest absolute Gasteiger partial charge is 0.267 e. The van der Waals surface area contributed by atoms with Crippen molar-refractivity contribution in [1.82, 2.24) is 0 Å². The van der Waals surface area contributed by atoms with Gasteiger partial charge in [0.05, 0.1) is 18.4 Å². The van der Waals surface area contributed by atoms with Crippen molar-refractivity contribution in [1.29, 1.82) is 0 Å². The first-order valence-corrected chi connectivity index (χ1v) is 9.81. The third kappa shape index (κ3) is 4.52. The highest BCUT2D eigenvalue weighted by Gasteiger charge is 2.25. The van der Waals surface area contributed by atoms with Gasteiger partial charge < -0.3 is 10.1 Å². The van der Waals surface area contributed by atoms with Crippen LogP contribution in [0.4, 0.5) is 20.2 Å². The Morgan fingerprint density at radius 3 is 2.14 bits per heavy atom. The van der Waals surface area contributed by atoms with E-state index in [0.717, 1.165) is 18.2 Å². The zero-order valence-corrected chi connectivity index (χ0v) is 16.0. The van der Waals surface area contributed by atoms with Crippen LogP contribution in [-0.4, -0.2) is 21.4 Å². The van der Waals surface area contributed by atoms with Crippen LogP contribution in [0.3, 0.4) is 0 Å². The van der Waals surface area contributed by atoms with Crippen LogP contribution in [0.5, 0.6) is 5.75 Å². The Morgan fingerprint density at radius 1 is 0.897 bits per heavy atom. The molecule has 2 N–H and O–H groups in total. The fourth-order valence-electron chi connectivity index (χ4n) is 2.58. The average molecular weight is 418 g/mol. The maximum Gasteiger partial charge on any atom is 0.267 e. The first kappa shape index (κ1) is 20.3. The summed E-state index contributed by atoms with van der Waals surface area (Å²) in [6, 6.07) is 14.9. The van der Waals surface area contributed by atoms with Crippen molar-refractivity contribution in [3.63, 3.8) is 0 Å². The van der Waals surface area contributed by atoms with E-state index >= 15 is 0 Å². The number of hydrogen-bond donors (Lipinski definition) is 2. The highest BCUT2D eigenvalue weighted by molar-refractivity contribution is 7.92. The lowest BCUT2D eigenvalue weighted by Gasteiger charge is -2.13. The third-order valence-electron chi connectivity index (χ3n) is 3.95. The summed E-state index contributed by atoms with van der Waals surface area (Å²) in [6.07, 6.45) is 0. The van der Waals surface area contributed by atoms with Crippen LogP contribution < -0.4 is 14.8 Å². The monoisotopic (exact) mass is 418 g/mol. The number of nitrogens with one attached hydrogen (secondary N) is 2. The molecule has 0 unspecified atom stereocenters. The van der Waals surface area contributed by atoms with Crippen LogP contribution >= 0.6 is 0 Å². The largest absolute Gasteiger partial charge is 0.497 e. The number of benzene rings is 3. The molecule has 0 aliphatic carbocycles. The zero-order valence-electron chi connectivity index (χ0n) is 15.1. The summed E-state index contributed by atoms with van der Waals surface area (Å²) in [5, 5.41) is 2.62. The molecule has 0 aromatic heterocycles. The predicted molar refractivity (Wildman–Crippen MR) is 105 cm³/mol. The molecule has 0 saturated heterocycles. The Kier molecular flexibility index (Phi) is 5.79. The van der Waals surface area contributed by atoms with Gasteiger partial charge in [-0.15, -0.1) is 0 Å². The van der Waals surface area contributed by atoms with E-state index in [1.165, 1.54) is 31.4 Å². The summed E-state index contributed by atoms with van der Waals surface area (Å²) < 4.78 is 60.0. The Balaban J connectivity index is 1.89. The molecule has 0 aliphatic heterocycles. The predicted octanol–water partition coefficient (Wildman–Crippen LogP) is 4.03. The number of amides is 1. The fraction of sp³-hybridized carbons (Fsp3) is 0.0500. The lowest BCUT2D eigenvalue weighted by Crippen LogP contribution is -2.20. The molecule has 3 aromatic rings. The van der Waals surface area contributed by atoms with Gasteiger partial charge in [-0.1, -0.05) is 18.2 Å². The summed E-state index contributed by atoms with van der Waals surface area (Å²) >= 11 is 0. The van der Waals surface area contributed by atoms with Crippen LogP contribution in [0, 0.1) is 11.6 Å². The van der Waals surface area contributed by atoms with Crippen molar-refractivity contribution in [3.8, 4) is 5.75 Å². The number of halogens is 2. The Bertz CT molecular complexity index is 1130. The SMILES string of the molecule is COc1ccc(NC(=O)c2ccccc2NS(=O)(=O)c2c(F)cccc2F)cc1. The Hall–Kier alpha value is -3.46. The van der Waals surface area contributed by atoms with Gasteiger partial charge in [-0.25, -0.2) is 17.2 Å². The molecule has 9 heteroatoms. The Labute approximate surface area is 166 Å². The van der Waals surface area contributed by atoms with Crippen molar-refractivity contribution in [3.05, 3.63) is 83.9 Å². The number of rotatable bonds is 6. The molecule has 0 fully saturated rings. The van der Waals surface area contributed by atoms with Gasteiger partial charge in [-0.3, -0.25) is 9.52 Å². The minimum atomic E-state index is -4.61. The van der Waals surface area contributed by atoms with E-state index in [4.69, 9.17) is 4.74 Å². The molecule has 0 bridgehead atoms. The zero-order chi connectivity index (χ0) is 21.0. The maximum absolute atomic E-state index is 13.9. The number of carbonyl (C=O) groups is 1. The van der Waals surface area contributed by atoms with Crippen LogP contribution in [-0.2, 0) is 10.0 Å². The van der Waals surface area contributed by atoms with E-state index in [1.54, 1.807) is 24.3 Å². The van der Waals surface area contributed by atoms with E-state index in [-0.39, 0.29) is 11.3 Å². The maximum atomic E-state index is 13.9. The first-order valence-electron chi connectivity index (χ1n) is 8.33. The van der Waals surface area contributed by atoms with Gasteiger partial charge in [0, 0.05) is 5.69 Å². The van der Waals surface area contributed by atoms with Gasteiger partial charge in [-0.05, 0) is 48.5 Å². The standard InChI is InChI=1S/C20H16F2N2O4S/c1-28-14-11-9-13(10-12-14)23-20(25)15-5-2-3-8-18(15)24-29(26,27)19-16(21)6-4-7-17(19)22/h2-12,24H,1H3,(H,23,25). The van der Waals surface area contributed by atoms with Gasteiger partial charge >= 0.3 is 0 Å². The highest BCUT2D eigenvalue weighted by Crippen LogP contribution is 2.25. The summed E-state index contributed by atoms with van der Waals surface area (Å²) in [4.78, 5) is 11.5. The van der Waals surface area contributed by atoms with Crippen molar-refractivity contribution in [2.24, 2.45) is 0 Å². The second-order valence-electron chi connectivity index (χ2n) is 5.88. The summed E-state index contributed by atoms with van der Waals surface area (Å²) in [5.74, 6) is -2.49. The number of methoxy groups -OCH3 is 1. The fourth-order valence-corrected chi connectivity index (χ4v) is 3.80. The van der Waals surface area contributed by atoms with Gasteiger partial charge in [0.1, 0.15) is 17.4 Å². The highest BCUT2D eigenvalue weighted by atomic mass is 32.2. The Morgan fingerprint density at radius 2 is 1.52 bits per heavy atom. The minimum Gasteiger partial charge on any atom is -0.497 e. The van der Waals surface area contributed by atoms with E-state index in [1.807, 2.05) is 0 Å². The molecule has 3 aromatic carbocycles. The summed E-state index contributed by atoms with van der Waals surface area (Å²) in [7, 11) is -3.10. The van der Waals surface area contributed by atoms with Crippen molar-refractivity contribution in [2.45, 2.75) is 4.90 Å². The molecule has 0 atom stereocenters. The van der Waals surface area contributed by atoms with Gasteiger partial charge in [0.25, 0.3) is 15.9 Å². The van der Waals surface area contributed by atoms with Crippen molar-refractivity contribution in [2.75, 3.05) is 17.1 Å². The molecule has 0 saturated carbocycles. The molecular weight excluding hydrogens is 402 g/mol. The summed E-state index contributed by atoms with van der Waals surface area (Å²) in [5.41, 5.74) is 0.304.